The van der Waals surface area contributed by atoms with Crippen LogP contribution >= 0.6 is 0 Å². The molecular weight excluding hydrogens is 274 g/mol. The molecule has 1 aromatic heterocycles. The van der Waals surface area contributed by atoms with E-state index in [4.69, 9.17) is 4.74 Å². The van der Waals surface area contributed by atoms with Crippen LogP contribution in [0.3, 0.4) is 0 Å². The van der Waals surface area contributed by atoms with Gasteiger partial charge in [-0.25, -0.2) is 4.79 Å². The quantitative estimate of drug-likeness (QED) is 0.795. The summed E-state index contributed by atoms with van der Waals surface area (Å²) in [5.41, 5.74) is 0.107. The number of H-pyrrole nitrogens is 1. The normalized spacial score (nSPS) is 18.9. The number of aliphatic hydroxyl groups is 1. The Labute approximate surface area is 120 Å². The van der Waals surface area contributed by atoms with Gasteiger partial charge in [0.05, 0.1) is 31.4 Å². The van der Waals surface area contributed by atoms with Gasteiger partial charge in [0.1, 0.15) is 5.69 Å². The van der Waals surface area contributed by atoms with Crippen LogP contribution in [0.15, 0.2) is 29.1 Å². The van der Waals surface area contributed by atoms with Crippen LogP contribution in [0, 0.1) is 0 Å². The molecule has 1 saturated heterocycles. The topological polar surface area (TPSA) is 95.5 Å². The Hall–Kier alpha value is -2.25. The highest BCUT2D eigenvalue weighted by Gasteiger charge is 2.29. The van der Waals surface area contributed by atoms with Crippen LogP contribution in [0.5, 0.6) is 0 Å². The molecule has 3 rings (SSSR count). The minimum absolute atomic E-state index is 0.106. The third-order valence-corrected chi connectivity index (χ3v) is 3.54. The Morgan fingerprint density at radius 2 is 2.29 bits per heavy atom. The molecule has 1 aromatic carbocycles. The monoisotopic (exact) mass is 289 g/mol. The van der Waals surface area contributed by atoms with E-state index in [1.807, 2.05) is 0 Å². The van der Waals surface area contributed by atoms with Gasteiger partial charge in [-0.2, -0.15) is 4.98 Å². The molecule has 2 aromatic rings. The minimum Gasteiger partial charge on any atom is -0.394 e. The second kappa shape index (κ2) is 5.63. The van der Waals surface area contributed by atoms with Gasteiger partial charge in [0.15, 0.2) is 0 Å². The van der Waals surface area contributed by atoms with Crippen molar-refractivity contribution in [1.29, 1.82) is 0 Å². The van der Waals surface area contributed by atoms with E-state index < -0.39 is 11.7 Å². The summed E-state index contributed by atoms with van der Waals surface area (Å²) >= 11 is 0. The molecule has 21 heavy (non-hydrogen) atoms. The van der Waals surface area contributed by atoms with Crippen molar-refractivity contribution < 1.29 is 14.6 Å². The van der Waals surface area contributed by atoms with Gasteiger partial charge in [0.25, 0.3) is 5.91 Å². The zero-order valence-electron chi connectivity index (χ0n) is 11.3. The fourth-order valence-electron chi connectivity index (χ4n) is 2.48. The Bertz CT molecular complexity index is 727. The number of nitrogens with one attached hydrogen (secondary N) is 1. The lowest BCUT2D eigenvalue weighted by Crippen LogP contribution is -2.51. The Balaban J connectivity index is 2.07. The van der Waals surface area contributed by atoms with Crippen molar-refractivity contribution in [1.82, 2.24) is 14.9 Å². The average Bonchev–Trinajstić information content (AvgIpc) is 2.53. The van der Waals surface area contributed by atoms with Gasteiger partial charge in [-0.15, -0.1) is 0 Å². The number of benzene rings is 1. The van der Waals surface area contributed by atoms with Crippen molar-refractivity contribution in [3.63, 3.8) is 0 Å². The summed E-state index contributed by atoms with van der Waals surface area (Å²) in [6, 6.07) is 6.60. The van der Waals surface area contributed by atoms with Crippen molar-refractivity contribution in [2.75, 3.05) is 26.4 Å². The molecule has 2 N–H and O–H groups in total. The van der Waals surface area contributed by atoms with Gasteiger partial charge in [-0.3, -0.25) is 4.79 Å². The lowest BCUT2D eigenvalue weighted by molar-refractivity contribution is -0.0185. The highest BCUT2D eigenvalue weighted by Crippen LogP contribution is 2.17. The fourth-order valence-corrected chi connectivity index (χ4v) is 2.48. The van der Waals surface area contributed by atoms with Crippen LogP contribution in [0.1, 0.15) is 10.5 Å². The molecule has 0 aliphatic carbocycles. The first-order valence-corrected chi connectivity index (χ1v) is 6.69. The lowest BCUT2D eigenvalue weighted by atomic mass is 10.1. The van der Waals surface area contributed by atoms with E-state index >= 15 is 0 Å². The number of fused-ring (bicyclic) bond motifs is 1. The smallest absolute Gasteiger partial charge is 0.346 e. The number of amides is 1. The van der Waals surface area contributed by atoms with Crippen LogP contribution in [0.2, 0.25) is 0 Å². The number of aliphatic hydroxyl groups excluding tert-OH is 1. The maximum absolute atomic E-state index is 12.7. The first-order valence-electron chi connectivity index (χ1n) is 6.69. The van der Waals surface area contributed by atoms with Crippen molar-refractivity contribution >= 4 is 16.8 Å². The van der Waals surface area contributed by atoms with Gasteiger partial charge < -0.3 is 19.7 Å². The van der Waals surface area contributed by atoms with Crippen LogP contribution in [0.4, 0.5) is 0 Å². The molecule has 1 amide bonds. The number of para-hydroxylation sites is 1. The molecule has 1 fully saturated rings. The number of aromatic amines is 1. The summed E-state index contributed by atoms with van der Waals surface area (Å²) in [6.07, 6.45) is 0. The number of ether oxygens (including phenoxy) is 1. The summed E-state index contributed by atoms with van der Waals surface area (Å²) in [7, 11) is 0. The van der Waals surface area contributed by atoms with E-state index in [0.717, 1.165) is 0 Å². The van der Waals surface area contributed by atoms with Crippen LogP contribution in [-0.4, -0.2) is 58.3 Å². The van der Waals surface area contributed by atoms with Crippen molar-refractivity contribution in [3.8, 4) is 0 Å². The third kappa shape index (κ3) is 2.53. The summed E-state index contributed by atoms with van der Waals surface area (Å²) in [4.78, 5) is 32.2. The van der Waals surface area contributed by atoms with E-state index in [2.05, 4.69) is 9.97 Å². The molecule has 0 saturated carbocycles. The van der Waals surface area contributed by atoms with Gasteiger partial charge in [-0.1, -0.05) is 18.2 Å². The Morgan fingerprint density at radius 3 is 3.10 bits per heavy atom. The summed E-state index contributed by atoms with van der Waals surface area (Å²) in [6.45, 7) is 0.868. The van der Waals surface area contributed by atoms with Gasteiger partial charge in [0.2, 0.25) is 0 Å². The third-order valence-electron chi connectivity index (χ3n) is 3.54. The molecule has 0 bridgehead atoms. The van der Waals surface area contributed by atoms with E-state index in [0.29, 0.717) is 24.1 Å². The zero-order chi connectivity index (χ0) is 14.8. The van der Waals surface area contributed by atoms with E-state index in [1.165, 1.54) is 4.90 Å². The highest BCUT2D eigenvalue weighted by molar-refractivity contribution is 6.04. The number of hydrogen-bond donors (Lipinski definition) is 2. The van der Waals surface area contributed by atoms with E-state index in [-0.39, 0.29) is 24.8 Å². The number of hydrogen-bond acceptors (Lipinski definition) is 5. The molecule has 7 heteroatoms. The molecule has 7 nitrogen and oxygen atoms in total. The molecule has 1 aliphatic rings. The zero-order valence-corrected chi connectivity index (χ0v) is 11.3. The number of carbonyl (C=O) groups excluding carboxylic acids is 1. The molecule has 2 heterocycles. The molecule has 0 unspecified atom stereocenters. The SMILES string of the molecule is O=C(c1nc(=O)[nH]c2ccccc12)N1CCOC[C@@H]1CO. The Kier molecular flexibility index (Phi) is 3.68. The highest BCUT2D eigenvalue weighted by atomic mass is 16.5. The van der Waals surface area contributed by atoms with Gasteiger partial charge in [0, 0.05) is 11.9 Å². The van der Waals surface area contributed by atoms with Gasteiger partial charge >= 0.3 is 5.69 Å². The second-order valence-electron chi connectivity index (χ2n) is 4.85. The summed E-state index contributed by atoms with van der Waals surface area (Å²) in [5.74, 6) is -0.361. The number of rotatable bonds is 2. The molecule has 110 valence electrons. The average molecular weight is 289 g/mol. The molecule has 0 radical (unpaired) electrons. The first kappa shape index (κ1) is 13.7. The van der Waals surface area contributed by atoms with Crippen molar-refractivity contribution in [2.45, 2.75) is 6.04 Å². The maximum Gasteiger partial charge on any atom is 0.346 e. The standard InChI is InChI=1S/C14H15N3O4/c18-7-9-8-21-6-5-17(9)13(19)12-10-3-1-2-4-11(10)15-14(20)16-12/h1-4,9,18H,5-8H2,(H,15,16,20)/t9-/m0/s1. The molecule has 1 aliphatic heterocycles. The van der Waals surface area contributed by atoms with E-state index in [1.54, 1.807) is 24.3 Å². The predicted octanol–water partition coefficient (Wildman–Crippen LogP) is -0.244. The second-order valence-corrected chi connectivity index (χ2v) is 4.85. The van der Waals surface area contributed by atoms with E-state index in [9.17, 15) is 14.7 Å². The number of carbonyl (C=O) groups is 1. The van der Waals surface area contributed by atoms with Crippen molar-refractivity contribution in [3.05, 3.63) is 40.4 Å². The number of nitrogens with zero attached hydrogens (tertiary/aromatic N) is 2. The van der Waals surface area contributed by atoms with Crippen LogP contribution in [-0.2, 0) is 4.74 Å². The lowest BCUT2D eigenvalue weighted by Gasteiger charge is -2.34. The molecule has 0 spiro atoms. The summed E-state index contributed by atoms with van der Waals surface area (Å²) < 4.78 is 5.26. The van der Waals surface area contributed by atoms with Gasteiger partial charge in [-0.05, 0) is 6.07 Å². The summed E-state index contributed by atoms with van der Waals surface area (Å²) in [5, 5.41) is 9.95. The predicted molar refractivity (Wildman–Crippen MR) is 75.1 cm³/mol. The molecule has 1 atom stereocenters. The first-order chi connectivity index (χ1) is 10.2. The molecular formula is C14H15N3O4. The van der Waals surface area contributed by atoms with Crippen LogP contribution in [0.25, 0.3) is 10.9 Å². The minimum atomic E-state index is -0.564. The fraction of sp³-hybridized carbons (Fsp3) is 0.357. The largest absolute Gasteiger partial charge is 0.394 e. The maximum atomic E-state index is 12.7. The van der Waals surface area contributed by atoms with Crippen LogP contribution < -0.4 is 5.69 Å². The number of morpholine rings is 1. The van der Waals surface area contributed by atoms with Crippen molar-refractivity contribution in [2.24, 2.45) is 0 Å². The number of aromatic nitrogens is 2. The Morgan fingerprint density at radius 1 is 1.48 bits per heavy atom.